The quantitative estimate of drug-likeness (QED) is 0.0317. The molecule has 0 bridgehead atoms. The lowest BCUT2D eigenvalue weighted by Crippen LogP contribution is -2.29. The summed E-state index contributed by atoms with van der Waals surface area (Å²) in [5.41, 5.74) is 1.37. The second kappa shape index (κ2) is 27.3. The van der Waals surface area contributed by atoms with Crippen LogP contribution < -0.4 is 0 Å². The highest BCUT2D eigenvalue weighted by Gasteiger charge is 2.31. The largest absolute Gasteiger partial charge is 0.514 e. The van der Waals surface area contributed by atoms with Crippen LogP contribution in [0.2, 0.25) is 0 Å². The van der Waals surface area contributed by atoms with Crippen molar-refractivity contribution in [3.8, 4) is 0 Å². The van der Waals surface area contributed by atoms with Crippen molar-refractivity contribution in [1.82, 2.24) is 0 Å². The zero-order valence-corrected chi connectivity index (χ0v) is 35.8. The lowest BCUT2D eigenvalue weighted by atomic mass is 9.94. The van der Waals surface area contributed by atoms with Crippen LogP contribution in [0.3, 0.4) is 0 Å². The number of Topliss-reactive ketones (excluding diaryl/α,β-unsaturated/α-hetero) is 2. The number of ketones is 4. The van der Waals surface area contributed by atoms with Gasteiger partial charge in [0, 0.05) is 47.2 Å². The molecule has 2 aromatic carbocycles. The van der Waals surface area contributed by atoms with E-state index >= 15 is 0 Å². The fraction of sp³-hybridized carbons (Fsp3) is 0.580. The molecule has 0 aliphatic heterocycles. The van der Waals surface area contributed by atoms with Crippen molar-refractivity contribution in [1.29, 1.82) is 0 Å². The van der Waals surface area contributed by atoms with Crippen LogP contribution >= 0.6 is 0 Å². The Morgan fingerprint density at radius 3 is 1.03 bits per heavy atom. The highest BCUT2D eigenvalue weighted by Crippen LogP contribution is 2.31. The third kappa shape index (κ3) is 16.6. The molecule has 0 spiro atoms. The van der Waals surface area contributed by atoms with E-state index in [0.717, 1.165) is 50.7 Å². The molecule has 0 amide bonds. The average Bonchev–Trinajstić information content (AvgIpc) is 3.23. The lowest BCUT2D eigenvalue weighted by molar-refractivity contribution is -0.128. The SMILES string of the molecule is CCCCCCCCCCCCCCC(OC(=O)OC(CCCCCCCCCCCCC)OC1=CC(=O)C(=O)c2ccccc21)OC1=CC(=O)C(=O)c2ccccc21. The molecule has 0 aromatic heterocycles. The molecule has 9 nitrogen and oxygen atoms in total. The standard InChI is InChI=1S/C50H68O9/c1-3-5-7-9-11-13-15-17-19-21-23-25-35-47(57-45-37-43(52)49(54)41-33-29-27-31-39(41)45)59-50(55)58-46(34-24-22-20-18-16-14-12-10-8-6-4-2)56-44-36-42(51)48(53)40-32-28-26-30-38(40)44/h26-33,36-37,46-47H,3-25,34-35H2,1-2H3. The number of allylic oxidation sites excluding steroid dienone is 2. The summed E-state index contributed by atoms with van der Waals surface area (Å²) >= 11 is 0. The van der Waals surface area contributed by atoms with E-state index in [4.69, 9.17) is 18.9 Å². The van der Waals surface area contributed by atoms with Crippen LogP contribution in [0.25, 0.3) is 11.5 Å². The molecular formula is C50H68O9. The lowest BCUT2D eigenvalue weighted by Gasteiger charge is -2.26. The Morgan fingerprint density at radius 1 is 0.424 bits per heavy atom. The molecule has 2 atom stereocenters. The van der Waals surface area contributed by atoms with Gasteiger partial charge in [-0.15, -0.1) is 0 Å². The molecule has 4 rings (SSSR count). The molecule has 0 heterocycles. The molecule has 0 fully saturated rings. The normalized spacial score (nSPS) is 14.5. The Morgan fingerprint density at radius 2 is 0.712 bits per heavy atom. The summed E-state index contributed by atoms with van der Waals surface area (Å²) in [5.74, 6) is -2.34. The Bertz CT molecular complexity index is 1710. The predicted molar refractivity (Wildman–Crippen MR) is 232 cm³/mol. The van der Waals surface area contributed by atoms with E-state index in [0.29, 0.717) is 36.8 Å². The summed E-state index contributed by atoms with van der Waals surface area (Å²) in [4.78, 5) is 64.2. The fourth-order valence-corrected chi connectivity index (χ4v) is 7.71. The van der Waals surface area contributed by atoms with Crippen molar-refractivity contribution in [3.63, 3.8) is 0 Å². The molecule has 2 unspecified atom stereocenters. The van der Waals surface area contributed by atoms with Gasteiger partial charge in [-0.3, -0.25) is 19.2 Å². The van der Waals surface area contributed by atoms with Gasteiger partial charge in [-0.05, 0) is 12.8 Å². The number of carbonyl (C=O) groups is 5. The first-order chi connectivity index (χ1) is 28.8. The molecule has 59 heavy (non-hydrogen) atoms. The maximum atomic E-state index is 13.6. The predicted octanol–water partition coefficient (Wildman–Crippen LogP) is 13.2. The van der Waals surface area contributed by atoms with Gasteiger partial charge in [-0.1, -0.05) is 197 Å². The van der Waals surface area contributed by atoms with Crippen LogP contribution in [-0.4, -0.2) is 41.9 Å². The first-order valence-corrected chi connectivity index (χ1v) is 22.8. The minimum atomic E-state index is -1.11. The zero-order valence-electron chi connectivity index (χ0n) is 35.8. The third-order valence-electron chi connectivity index (χ3n) is 11.2. The van der Waals surface area contributed by atoms with Crippen LogP contribution in [0, 0.1) is 0 Å². The van der Waals surface area contributed by atoms with Crippen molar-refractivity contribution in [2.45, 2.75) is 187 Å². The second-order valence-corrected chi connectivity index (χ2v) is 16.1. The van der Waals surface area contributed by atoms with Crippen molar-refractivity contribution in [2.75, 3.05) is 0 Å². The number of hydrogen-bond donors (Lipinski definition) is 0. The van der Waals surface area contributed by atoms with E-state index in [1.54, 1.807) is 48.5 Å². The van der Waals surface area contributed by atoms with Crippen molar-refractivity contribution in [2.24, 2.45) is 0 Å². The second-order valence-electron chi connectivity index (χ2n) is 16.1. The maximum absolute atomic E-state index is 13.6. The molecule has 2 aromatic rings. The Balaban J connectivity index is 1.38. The highest BCUT2D eigenvalue weighted by atomic mass is 16.8. The molecule has 2 aliphatic rings. The van der Waals surface area contributed by atoms with Gasteiger partial charge in [-0.2, -0.15) is 0 Å². The monoisotopic (exact) mass is 812 g/mol. The van der Waals surface area contributed by atoms with E-state index in [1.807, 2.05) is 0 Å². The van der Waals surface area contributed by atoms with E-state index < -0.39 is 41.9 Å². The van der Waals surface area contributed by atoms with Crippen LogP contribution in [0.4, 0.5) is 4.79 Å². The van der Waals surface area contributed by atoms with Crippen molar-refractivity contribution >= 4 is 40.8 Å². The smallest absolute Gasteiger partial charge is 0.454 e. The zero-order chi connectivity index (χ0) is 42.1. The molecule has 0 radical (unpaired) electrons. The molecular weight excluding hydrogens is 745 g/mol. The van der Waals surface area contributed by atoms with Gasteiger partial charge in [0.1, 0.15) is 11.5 Å². The Kier molecular flexibility index (Phi) is 21.8. The maximum Gasteiger partial charge on any atom is 0.514 e. The van der Waals surface area contributed by atoms with Gasteiger partial charge in [0.15, 0.2) is 0 Å². The summed E-state index contributed by atoms with van der Waals surface area (Å²) in [6.45, 7) is 4.46. The van der Waals surface area contributed by atoms with Gasteiger partial charge in [0.2, 0.25) is 35.7 Å². The number of hydrogen-bond acceptors (Lipinski definition) is 9. The number of ether oxygens (including phenoxy) is 4. The summed E-state index contributed by atoms with van der Waals surface area (Å²) in [7, 11) is 0. The van der Waals surface area contributed by atoms with Gasteiger partial charge in [0.05, 0.1) is 0 Å². The summed E-state index contributed by atoms with van der Waals surface area (Å²) in [6, 6.07) is 13.4. The Hall–Kier alpha value is -4.53. The van der Waals surface area contributed by atoms with Gasteiger partial charge >= 0.3 is 6.16 Å². The molecule has 0 saturated heterocycles. The summed E-state index contributed by atoms with van der Waals surface area (Å²) < 4.78 is 24.1. The van der Waals surface area contributed by atoms with Crippen LogP contribution in [0.1, 0.15) is 206 Å². The first-order valence-electron chi connectivity index (χ1n) is 22.8. The van der Waals surface area contributed by atoms with Gasteiger partial charge in [0.25, 0.3) is 0 Å². The Labute approximate surface area is 352 Å². The van der Waals surface area contributed by atoms with Crippen molar-refractivity contribution in [3.05, 3.63) is 82.9 Å². The van der Waals surface area contributed by atoms with Crippen LogP contribution in [0.15, 0.2) is 60.7 Å². The molecule has 322 valence electrons. The van der Waals surface area contributed by atoms with Gasteiger partial charge < -0.3 is 18.9 Å². The number of unbranched alkanes of at least 4 members (excludes halogenated alkanes) is 21. The molecule has 2 aliphatic carbocycles. The van der Waals surface area contributed by atoms with E-state index in [9.17, 15) is 24.0 Å². The summed E-state index contributed by atoms with van der Waals surface area (Å²) in [5, 5.41) is 0. The fourth-order valence-electron chi connectivity index (χ4n) is 7.71. The van der Waals surface area contributed by atoms with Crippen LogP contribution in [-0.2, 0) is 28.5 Å². The van der Waals surface area contributed by atoms with Gasteiger partial charge in [-0.25, -0.2) is 4.79 Å². The van der Waals surface area contributed by atoms with E-state index in [1.165, 1.54) is 96.3 Å². The van der Waals surface area contributed by atoms with E-state index in [-0.39, 0.29) is 22.6 Å². The van der Waals surface area contributed by atoms with E-state index in [2.05, 4.69) is 13.8 Å². The number of benzene rings is 2. The van der Waals surface area contributed by atoms with Crippen LogP contribution in [0.5, 0.6) is 0 Å². The van der Waals surface area contributed by atoms with Crippen molar-refractivity contribution < 1.29 is 42.9 Å². The average molecular weight is 813 g/mol. The minimum absolute atomic E-state index is 0.155. The third-order valence-corrected chi connectivity index (χ3v) is 11.2. The topological polar surface area (TPSA) is 122 Å². The molecule has 9 heteroatoms. The summed E-state index contributed by atoms with van der Waals surface area (Å²) in [6.07, 6.45) is 26.4. The molecule has 0 saturated carbocycles. The number of fused-ring (bicyclic) bond motifs is 2. The highest BCUT2D eigenvalue weighted by molar-refractivity contribution is 6.51. The number of rotatable bonds is 31. The minimum Gasteiger partial charge on any atom is -0.454 e. The number of carbonyl (C=O) groups excluding carboxylic acids is 5. The molecule has 0 N–H and O–H groups in total. The first kappa shape index (κ1) is 47.2.